The summed E-state index contributed by atoms with van der Waals surface area (Å²) in [6.45, 7) is 4.20. The van der Waals surface area contributed by atoms with E-state index in [1.807, 2.05) is 24.3 Å². The first-order chi connectivity index (χ1) is 10.3. The first kappa shape index (κ1) is 16.8. The van der Waals surface area contributed by atoms with Crippen LogP contribution >= 0.6 is 15.9 Å². The van der Waals surface area contributed by atoms with E-state index in [0.29, 0.717) is 6.04 Å². The Morgan fingerprint density at radius 3 is 2.86 bits per heavy atom. The van der Waals surface area contributed by atoms with Crippen LogP contribution in [0.1, 0.15) is 51.9 Å². The van der Waals surface area contributed by atoms with Crippen molar-refractivity contribution in [3.8, 4) is 5.75 Å². The molecule has 1 aliphatic rings. The monoisotopic (exact) mass is 353 g/mol. The number of benzene rings is 1. The second-order valence-electron chi connectivity index (χ2n) is 6.05. The summed E-state index contributed by atoms with van der Waals surface area (Å²) in [4.78, 5) is 0. The molecule has 1 saturated carbocycles. The second kappa shape index (κ2) is 9.47. The van der Waals surface area contributed by atoms with Gasteiger partial charge in [-0.15, -0.1) is 0 Å². The van der Waals surface area contributed by atoms with Crippen LogP contribution in [0.3, 0.4) is 0 Å². The Kier molecular flexibility index (Phi) is 7.59. The van der Waals surface area contributed by atoms with Crippen LogP contribution in [0.5, 0.6) is 5.75 Å². The minimum absolute atomic E-state index is 0.693. The molecule has 0 aliphatic heterocycles. The quantitative estimate of drug-likeness (QED) is 0.618. The summed E-state index contributed by atoms with van der Waals surface area (Å²) >= 11 is 3.48. The molecule has 1 aromatic carbocycles. The highest BCUT2D eigenvalue weighted by atomic mass is 79.9. The number of hydrogen-bond donors (Lipinski definition) is 1. The SMILES string of the molecule is CCCNC(CCCOc1cccc(Br)c1)C1CCCC1. The van der Waals surface area contributed by atoms with Crippen LogP contribution in [0.15, 0.2) is 28.7 Å². The summed E-state index contributed by atoms with van der Waals surface area (Å²) in [6, 6.07) is 8.79. The van der Waals surface area contributed by atoms with Gasteiger partial charge in [-0.2, -0.15) is 0 Å². The van der Waals surface area contributed by atoms with Crippen LogP contribution in [-0.2, 0) is 0 Å². The van der Waals surface area contributed by atoms with Gasteiger partial charge in [0.2, 0.25) is 0 Å². The van der Waals surface area contributed by atoms with Crippen LogP contribution in [0.4, 0.5) is 0 Å². The maximum absolute atomic E-state index is 5.85. The molecule has 0 radical (unpaired) electrons. The van der Waals surface area contributed by atoms with E-state index in [9.17, 15) is 0 Å². The van der Waals surface area contributed by atoms with Crippen molar-refractivity contribution < 1.29 is 4.74 Å². The third-order valence-electron chi connectivity index (χ3n) is 4.35. The maximum atomic E-state index is 5.85. The van der Waals surface area contributed by atoms with Gasteiger partial charge in [0.05, 0.1) is 6.61 Å². The van der Waals surface area contributed by atoms with Crippen LogP contribution in [0, 0.1) is 5.92 Å². The largest absolute Gasteiger partial charge is 0.494 e. The van der Waals surface area contributed by atoms with E-state index in [2.05, 4.69) is 28.2 Å². The van der Waals surface area contributed by atoms with E-state index in [-0.39, 0.29) is 0 Å². The highest BCUT2D eigenvalue weighted by molar-refractivity contribution is 9.10. The first-order valence-electron chi connectivity index (χ1n) is 8.41. The van der Waals surface area contributed by atoms with E-state index >= 15 is 0 Å². The lowest BCUT2D eigenvalue weighted by molar-refractivity contribution is 0.272. The fraction of sp³-hybridized carbons (Fsp3) is 0.667. The summed E-state index contributed by atoms with van der Waals surface area (Å²) in [5, 5.41) is 3.76. The summed E-state index contributed by atoms with van der Waals surface area (Å²) < 4.78 is 6.92. The number of rotatable bonds is 9. The van der Waals surface area contributed by atoms with E-state index in [4.69, 9.17) is 4.74 Å². The molecule has 3 heteroatoms. The van der Waals surface area contributed by atoms with Gasteiger partial charge in [0.25, 0.3) is 0 Å². The Labute approximate surface area is 137 Å². The lowest BCUT2D eigenvalue weighted by Gasteiger charge is -2.24. The zero-order valence-corrected chi connectivity index (χ0v) is 14.7. The molecule has 0 amide bonds. The van der Waals surface area contributed by atoms with Gasteiger partial charge in [0.1, 0.15) is 5.75 Å². The van der Waals surface area contributed by atoms with Crippen molar-refractivity contribution >= 4 is 15.9 Å². The molecule has 1 unspecified atom stereocenters. The van der Waals surface area contributed by atoms with E-state index < -0.39 is 0 Å². The number of nitrogens with one attached hydrogen (secondary N) is 1. The van der Waals surface area contributed by atoms with Crippen molar-refractivity contribution in [2.24, 2.45) is 5.92 Å². The standard InChI is InChI=1S/C18H28BrNO/c1-2-12-20-18(15-7-3-4-8-15)11-6-13-21-17-10-5-9-16(19)14-17/h5,9-10,14-15,18,20H,2-4,6-8,11-13H2,1H3. The van der Waals surface area contributed by atoms with E-state index in [1.165, 1.54) is 38.5 Å². The fourth-order valence-electron chi connectivity index (χ4n) is 3.24. The second-order valence-corrected chi connectivity index (χ2v) is 6.97. The number of halogens is 1. The highest BCUT2D eigenvalue weighted by Crippen LogP contribution is 2.29. The molecular formula is C18H28BrNO. The summed E-state index contributed by atoms with van der Waals surface area (Å²) in [7, 11) is 0. The molecule has 0 spiro atoms. The van der Waals surface area contributed by atoms with E-state index in [0.717, 1.165) is 35.7 Å². The zero-order chi connectivity index (χ0) is 14.9. The van der Waals surface area contributed by atoms with Gasteiger partial charge in [0.15, 0.2) is 0 Å². The van der Waals surface area contributed by atoms with Crippen molar-refractivity contribution in [1.29, 1.82) is 0 Å². The van der Waals surface area contributed by atoms with E-state index in [1.54, 1.807) is 0 Å². The normalized spacial score (nSPS) is 17.0. The molecule has 1 fully saturated rings. The molecule has 0 saturated heterocycles. The summed E-state index contributed by atoms with van der Waals surface area (Å²) in [5.41, 5.74) is 0. The van der Waals surface area contributed by atoms with Crippen molar-refractivity contribution in [2.75, 3.05) is 13.2 Å². The van der Waals surface area contributed by atoms with Crippen LogP contribution in [0.25, 0.3) is 0 Å². The zero-order valence-electron chi connectivity index (χ0n) is 13.1. The Bertz CT molecular complexity index is 404. The fourth-order valence-corrected chi connectivity index (χ4v) is 3.62. The van der Waals surface area contributed by atoms with Gasteiger partial charge in [0, 0.05) is 10.5 Å². The summed E-state index contributed by atoms with van der Waals surface area (Å²) in [5.74, 6) is 1.85. The van der Waals surface area contributed by atoms with Gasteiger partial charge < -0.3 is 10.1 Å². The minimum Gasteiger partial charge on any atom is -0.494 e. The summed E-state index contributed by atoms with van der Waals surface area (Å²) in [6.07, 6.45) is 9.25. The smallest absolute Gasteiger partial charge is 0.120 e. The molecular weight excluding hydrogens is 326 g/mol. The molecule has 1 atom stereocenters. The number of ether oxygens (including phenoxy) is 1. The maximum Gasteiger partial charge on any atom is 0.120 e. The molecule has 1 N–H and O–H groups in total. The van der Waals surface area contributed by atoms with Crippen molar-refractivity contribution in [3.05, 3.63) is 28.7 Å². The average molecular weight is 354 g/mol. The van der Waals surface area contributed by atoms with Gasteiger partial charge in [-0.25, -0.2) is 0 Å². The Balaban J connectivity index is 1.70. The Hall–Kier alpha value is -0.540. The molecule has 2 rings (SSSR count). The predicted octanol–water partition coefficient (Wildman–Crippen LogP) is 5.17. The Morgan fingerprint density at radius 1 is 1.33 bits per heavy atom. The van der Waals surface area contributed by atoms with Gasteiger partial charge in [-0.3, -0.25) is 0 Å². The van der Waals surface area contributed by atoms with Gasteiger partial charge >= 0.3 is 0 Å². The molecule has 0 aromatic heterocycles. The van der Waals surface area contributed by atoms with Crippen LogP contribution < -0.4 is 10.1 Å². The third-order valence-corrected chi connectivity index (χ3v) is 4.84. The molecule has 118 valence electrons. The molecule has 2 nitrogen and oxygen atoms in total. The lowest BCUT2D eigenvalue weighted by atomic mass is 9.94. The molecule has 1 aromatic rings. The van der Waals surface area contributed by atoms with Gasteiger partial charge in [-0.1, -0.05) is 41.8 Å². The van der Waals surface area contributed by atoms with Crippen molar-refractivity contribution in [3.63, 3.8) is 0 Å². The third kappa shape index (κ3) is 5.99. The van der Waals surface area contributed by atoms with Crippen molar-refractivity contribution in [2.45, 2.75) is 57.9 Å². The van der Waals surface area contributed by atoms with Crippen molar-refractivity contribution in [1.82, 2.24) is 5.32 Å². The molecule has 1 aliphatic carbocycles. The molecule has 21 heavy (non-hydrogen) atoms. The van der Waals surface area contributed by atoms with Gasteiger partial charge in [-0.05, 0) is 62.8 Å². The first-order valence-corrected chi connectivity index (χ1v) is 9.20. The highest BCUT2D eigenvalue weighted by Gasteiger charge is 2.23. The molecule has 0 heterocycles. The van der Waals surface area contributed by atoms with Crippen LogP contribution in [-0.4, -0.2) is 19.2 Å². The minimum atomic E-state index is 0.693. The topological polar surface area (TPSA) is 21.3 Å². The molecule has 0 bridgehead atoms. The average Bonchev–Trinajstić information content (AvgIpc) is 3.01. The predicted molar refractivity (Wildman–Crippen MR) is 92.9 cm³/mol. The Morgan fingerprint density at radius 2 is 2.14 bits per heavy atom. The van der Waals surface area contributed by atoms with Crippen LogP contribution in [0.2, 0.25) is 0 Å². The number of hydrogen-bond acceptors (Lipinski definition) is 2. The lowest BCUT2D eigenvalue weighted by Crippen LogP contribution is -2.36.